The van der Waals surface area contributed by atoms with E-state index in [2.05, 4.69) is 14.9 Å². The maximum atomic E-state index is 12.0. The molecule has 2 aromatic heterocycles. The number of aryl methyl sites for hydroxylation is 3. The number of aromatic nitrogens is 4. The van der Waals surface area contributed by atoms with Crippen molar-refractivity contribution in [2.24, 2.45) is 0 Å². The molecule has 0 aliphatic heterocycles. The van der Waals surface area contributed by atoms with Crippen LogP contribution in [0.15, 0.2) is 12.4 Å². The quantitative estimate of drug-likeness (QED) is 0.566. The predicted molar refractivity (Wildman–Crippen MR) is 85.8 cm³/mol. The van der Waals surface area contributed by atoms with Crippen LogP contribution in [0.1, 0.15) is 45.4 Å². The minimum Gasteiger partial charge on any atom is -0.465 e. The molecule has 2 rings (SSSR count). The summed E-state index contributed by atoms with van der Waals surface area (Å²) in [6, 6.07) is 0. The molecular weight excluding hydrogens is 312 g/mol. The summed E-state index contributed by atoms with van der Waals surface area (Å²) in [5.41, 5.74) is 2.34. The van der Waals surface area contributed by atoms with Crippen LogP contribution < -0.4 is 0 Å². The zero-order valence-electron chi connectivity index (χ0n) is 14.4. The fraction of sp³-hybridized carbons (Fsp3) is 0.500. The second kappa shape index (κ2) is 7.76. The summed E-state index contributed by atoms with van der Waals surface area (Å²) in [7, 11) is 1.33. The molecule has 0 atom stereocenters. The minimum absolute atomic E-state index is 0.266. The van der Waals surface area contributed by atoms with Crippen LogP contribution >= 0.6 is 0 Å². The summed E-state index contributed by atoms with van der Waals surface area (Å²) in [5, 5.41) is 8.37. The van der Waals surface area contributed by atoms with Gasteiger partial charge in [0.25, 0.3) is 0 Å². The molecule has 130 valence electrons. The molecule has 0 bridgehead atoms. The number of esters is 2. The molecule has 0 amide bonds. The predicted octanol–water partition coefficient (Wildman–Crippen LogP) is 1.75. The molecular formula is C16H22N4O4. The van der Waals surface area contributed by atoms with E-state index in [4.69, 9.17) is 4.74 Å². The number of ether oxygens (including phenoxy) is 2. The van der Waals surface area contributed by atoms with Crippen LogP contribution in [0.4, 0.5) is 0 Å². The van der Waals surface area contributed by atoms with E-state index in [9.17, 15) is 9.59 Å². The van der Waals surface area contributed by atoms with Crippen molar-refractivity contribution in [1.82, 2.24) is 19.6 Å². The first-order valence-corrected chi connectivity index (χ1v) is 7.79. The summed E-state index contributed by atoms with van der Waals surface area (Å²) >= 11 is 0. The van der Waals surface area contributed by atoms with E-state index in [1.165, 1.54) is 13.3 Å². The van der Waals surface area contributed by atoms with Crippen LogP contribution in [0.25, 0.3) is 0 Å². The van der Waals surface area contributed by atoms with Crippen LogP contribution in [0.5, 0.6) is 0 Å². The smallest absolute Gasteiger partial charge is 0.341 e. The van der Waals surface area contributed by atoms with Gasteiger partial charge >= 0.3 is 11.9 Å². The highest BCUT2D eigenvalue weighted by Crippen LogP contribution is 2.10. The van der Waals surface area contributed by atoms with Gasteiger partial charge in [0.05, 0.1) is 25.6 Å². The van der Waals surface area contributed by atoms with Crippen LogP contribution in [-0.4, -0.2) is 45.2 Å². The van der Waals surface area contributed by atoms with Gasteiger partial charge in [0.15, 0.2) is 0 Å². The lowest BCUT2D eigenvalue weighted by Crippen LogP contribution is -2.10. The molecule has 0 saturated heterocycles. The first-order valence-electron chi connectivity index (χ1n) is 7.79. The van der Waals surface area contributed by atoms with E-state index in [0.29, 0.717) is 36.3 Å². The van der Waals surface area contributed by atoms with Gasteiger partial charge in [-0.1, -0.05) is 0 Å². The summed E-state index contributed by atoms with van der Waals surface area (Å²) in [6.45, 7) is 7.06. The average Bonchev–Trinajstić information content (AvgIpc) is 3.13. The van der Waals surface area contributed by atoms with E-state index in [-0.39, 0.29) is 12.6 Å². The molecule has 0 aromatic carbocycles. The Hall–Kier alpha value is -2.64. The Morgan fingerprint density at radius 2 is 1.96 bits per heavy atom. The minimum atomic E-state index is -0.409. The normalized spacial score (nSPS) is 10.7. The second-order valence-electron chi connectivity index (χ2n) is 5.33. The molecule has 2 heterocycles. The van der Waals surface area contributed by atoms with E-state index >= 15 is 0 Å². The Balaban J connectivity index is 1.83. The van der Waals surface area contributed by atoms with Crippen LogP contribution in [-0.2, 0) is 22.6 Å². The number of carbonyl (C=O) groups excluding carboxylic acids is 2. The highest BCUT2D eigenvalue weighted by atomic mass is 16.5. The molecule has 0 radical (unpaired) electrons. The Morgan fingerprint density at radius 3 is 2.58 bits per heavy atom. The number of methoxy groups -OCH3 is 1. The molecule has 8 heteroatoms. The van der Waals surface area contributed by atoms with Gasteiger partial charge in [-0.15, -0.1) is 0 Å². The number of hydrogen-bond acceptors (Lipinski definition) is 6. The second-order valence-corrected chi connectivity index (χ2v) is 5.33. The Morgan fingerprint density at radius 1 is 1.21 bits per heavy atom. The van der Waals surface area contributed by atoms with Crippen molar-refractivity contribution in [1.29, 1.82) is 0 Å². The largest absolute Gasteiger partial charge is 0.465 e. The monoisotopic (exact) mass is 334 g/mol. The van der Waals surface area contributed by atoms with Crippen molar-refractivity contribution >= 4 is 11.9 Å². The van der Waals surface area contributed by atoms with Gasteiger partial charge in [-0.05, 0) is 20.8 Å². The molecule has 8 nitrogen and oxygen atoms in total. The molecule has 24 heavy (non-hydrogen) atoms. The zero-order chi connectivity index (χ0) is 17.7. The van der Waals surface area contributed by atoms with Crippen molar-refractivity contribution in [3.63, 3.8) is 0 Å². The van der Waals surface area contributed by atoms with E-state index in [1.54, 1.807) is 22.5 Å². The number of rotatable bonds is 7. The van der Waals surface area contributed by atoms with Crippen LogP contribution in [0, 0.1) is 13.8 Å². The number of carbonyl (C=O) groups is 2. The van der Waals surface area contributed by atoms with Gasteiger partial charge in [0, 0.05) is 31.4 Å². The lowest BCUT2D eigenvalue weighted by atomic mass is 10.2. The van der Waals surface area contributed by atoms with Gasteiger partial charge in [-0.2, -0.15) is 10.2 Å². The van der Waals surface area contributed by atoms with Crippen molar-refractivity contribution in [3.8, 4) is 0 Å². The van der Waals surface area contributed by atoms with Gasteiger partial charge < -0.3 is 9.47 Å². The van der Waals surface area contributed by atoms with Gasteiger partial charge in [0.1, 0.15) is 11.1 Å². The molecule has 0 saturated carbocycles. The Labute approximate surface area is 140 Å². The Kier molecular flexibility index (Phi) is 5.73. The maximum Gasteiger partial charge on any atom is 0.341 e. The van der Waals surface area contributed by atoms with Crippen molar-refractivity contribution in [3.05, 3.63) is 34.9 Å². The standard InChI is InChI=1S/C16H22N4O4/c1-5-20-12(3)13(9-17-20)16(22)24-8-6-7-19-10-14(11(2)18-19)15(21)23-4/h9-10H,5-8H2,1-4H3. The van der Waals surface area contributed by atoms with E-state index in [1.807, 2.05) is 13.8 Å². The van der Waals surface area contributed by atoms with Gasteiger partial charge in [-0.3, -0.25) is 9.36 Å². The molecule has 0 unspecified atom stereocenters. The maximum absolute atomic E-state index is 12.0. The van der Waals surface area contributed by atoms with E-state index < -0.39 is 5.97 Å². The number of nitrogens with zero attached hydrogens (tertiary/aromatic N) is 4. The number of hydrogen-bond donors (Lipinski definition) is 0. The summed E-state index contributed by atoms with van der Waals surface area (Å²) in [6.07, 6.45) is 3.76. The van der Waals surface area contributed by atoms with Crippen LogP contribution in [0.3, 0.4) is 0 Å². The summed E-state index contributed by atoms with van der Waals surface area (Å²) in [5.74, 6) is -0.785. The van der Waals surface area contributed by atoms with Crippen molar-refractivity contribution in [2.75, 3.05) is 13.7 Å². The third kappa shape index (κ3) is 3.81. The third-order valence-corrected chi connectivity index (χ3v) is 3.74. The van der Waals surface area contributed by atoms with Crippen molar-refractivity contribution in [2.45, 2.75) is 40.3 Å². The summed E-state index contributed by atoms with van der Waals surface area (Å²) < 4.78 is 13.4. The highest BCUT2D eigenvalue weighted by molar-refractivity contribution is 5.90. The molecule has 0 N–H and O–H groups in total. The fourth-order valence-corrected chi connectivity index (χ4v) is 2.38. The molecule has 0 aliphatic carbocycles. The molecule has 0 aliphatic rings. The molecule has 0 spiro atoms. The van der Waals surface area contributed by atoms with Gasteiger partial charge in [0.2, 0.25) is 0 Å². The topological polar surface area (TPSA) is 88.2 Å². The van der Waals surface area contributed by atoms with Crippen molar-refractivity contribution < 1.29 is 19.1 Å². The fourth-order valence-electron chi connectivity index (χ4n) is 2.38. The summed E-state index contributed by atoms with van der Waals surface area (Å²) in [4.78, 5) is 23.6. The molecule has 0 fully saturated rings. The highest BCUT2D eigenvalue weighted by Gasteiger charge is 2.15. The Bertz CT molecular complexity index is 733. The zero-order valence-corrected chi connectivity index (χ0v) is 14.4. The lowest BCUT2D eigenvalue weighted by molar-refractivity contribution is 0.0493. The lowest BCUT2D eigenvalue weighted by Gasteiger charge is -2.05. The first-order chi connectivity index (χ1) is 11.5. The SMILES string of the molecule is CCn1ncc(C(=O)OCCCn2cc(C(=O)OC)c(C)n2)c1C. The average molecular weight is 334 g/mol. The first kappa shape index (κ1) is 17.7. The van der Waals surface area contributed by atoms with E-state index in [0.717, 1.165) is 5.69 Å². The van der Waals surface area contributed by atoms with Gasteiger partial charge in [-0.25, -0.2) is 9.59 Å². The van der Waals surface area contributed by atoms with Crippen LogP contribution in [0.2, 0.25) is 0 Å². The third-order valence-electron chi connectivity index (χ3n) is 3.74. The molecule has 2 aromatic rings.